The lowest BCUT2D eigenvalue weighted by Crippen LogP contribution is -2.12. The molecule has 144 valence electrons. The molecule has 1 amide bonds. The van der Waals surface area contributed by atoms with Crippen LogP contribution in [0, 0.1) is 0 Å². The number of carbonyl (C=O) groups is 1. The molecule has 1 N–H and O–H groups in total. The van der Waals surface area contributed by atoms with Crippen molar-refractivity contribution in [3.05, 3.63) is 71.5 Å². The summed E-state index contributed by atoms with van der Waals surface area (Å²) in [5, 5.41) is 4.45. The predicted octanol–water partition coefficient (Wildman–Crippen LogP) is 5.11. The van der Waals surface area contributed by atoms with Crippen LogP contribution in [0.5, 0.6) is 5.75 Å². The summed E-state index contributed by atoms with van der Waals surface area (Å²) in [4.78, 5) is 23.2. The number of methoxy groups -OCH3 is 1. The Balaban J connectivity index is 1.51. The lowest BCUT2D eigenvalue weighted by molar-refractivity contribution is 0.102. The molecular formula is C23H19N3O2S. The van der Waals surface area contributed by atoms with Crippen molar-refractivity contribution in [2.45, 2.75) is 19.3 Å². The highest BCUT2D eigenvalue weighted by Gasteiger charge is 2.22. The molecular weight excluding hydrogens is 382 g/mol. The Morgan fingerprint density at radius 1 is 1.10 bits per heavy atom. The van der Waals surface area contributed by atoms with Crippen molar-refractivity contribution in [1.82, 2.24) is 9.97 Å². The van der Waals surface area contributed by atoms with E-state index in [2.05, 4.69) is 16.4 Å². The van der Waals surface area contributed by atoms with Gasteiger partial charge in [0.2, 0.25) is 0 Å². The number of ether oxygens (including phenoxy) is 1. The summed E-state index contributed by atoms with van der Waals surface area (Å²) in [6.45, 7) is 0. The van der Waals surface area contributed by atoms with E-state index < -0.39 is 0 Å². The topological polar surface area (TPSA) is 64.1 Å². The predicted molar refractivity (Wildman–Crippen MR) is 116 cm³/mol. The van der Waals surface area contributed by atoms with Gasteiger partial charge in [-0.3, -0.25) is 15.1 Å². The second-order valence-corrected chi connectivity index (χ2v) is 7.96. The number of rotatable bonds is 3. The van der Waals surface area contributed by atoms with Crippen LogP contribution < -0.4 is 10.1 Å². The first-order valence-electron chi connectivity index (χ1n) is 9.55. The highest BCUT2D eigenvalue weighted by atomic mass is 32.1. The maximum absolute atomic E-state index is 13.0. The van der Waals surface area contributed by atoms with Crippen LogP contribution in [-0.4, -0.2) is 23.0 Å². The molecule has 1 aliphatic carbocycles. The smallest absolute Gasteiger partial charge is 0.258 e. The summed E-state index contributed by atoms with van der Waals surface area (Å²) in [6.07, 6.45) is 4.52. The average Bonchev–Trinajstić information content (AvgIpc) is 3.07. The van der Waals surface area contributed by atoms with Gasteiger partial charge in [0.05, 0.1) is 28.8 Å². The second kappa shape index (κ2) is 7.29. The molecule has 1 aliphatic rings. The summed E-state index contributed by atoms with van der Waals surface area (Å²) >= 11 is 1.52. The molecule has 5 rings (SSSR count). The number of hydrogen-bond acceptors (Lipinski definition) is 5. The summed E-state index contributed by atoms with van der Waals surface area (Å²) < 4.78 is 5.56. The molecule has 0 aliphatic heterocycles. The van der Waals surface area contributed by atoms with Gasteiger partial charge in [0.1, 0.15) is 5.75 Å². The number of nitrogens with one attached hydrogen (secondary N) is 1. The molecule has 0 fully saturated rings. The van der Waals surface area contributed by atoms with Crippen LogP contribution in [0.4, 0.5) is 5.13 Å². The standard InChI is InChI=1S/C23H19N3O2S/c1-28-20-11-5-8-16-15(20)7-4-10-19-21(16)29-23(25-19)26-22(27)17-12-13-24-18-9-3-2-6-14(17)18/h2-3,5-6,8-9,11-13H,4,7,10H2,1H3,(H,25,26,27). The van der Waals surface area contributed by atoms with Gasteiger partial charge in [-0.25, -0.2) is 4.98 Å². The monoisotopic (exact) mass is 401 g/mol. The van der Waals surface area contributed by atoms with Gasteiger partial charge in [0.15, 0.2) is 5.13 Å². The summed E-state index contributed by atoms with van der Waals surface area (Å²) in [6, 6.07) is 15.5. The van der Waals surface area contributed by atoms with Gasteiger partial charge in [-0.05, 0) is 37.5 Å². The lowest BCUT2D eigenvalue weighted by atomic mass is 10.0. The van der Waals surface area contributed by atoms with E-state index in [0.717, 1.165) is 52.0 Å². The number of nitrogens with zero attached hydrogens (tertiary/aromatic N) is 2. The fourth-order valence-electron chi connectivity index (χ4n) is 3.90. The number of benzene rings is 2. The van der Waals surface area contributed by atoms with E-state index in [9.17, 15) is 4.79 Å². The first-order chi connectivity index (χ1) is 14.2. The van der Waals surface area contributed by atoms with Crippen LogP contribution in [-0.2, 0) is 12.8 Å². The van der Waals surface area contributed by atoms with Gasteiger partial charge >= 0.3 is 0 Å². The quantitative estimate of drug-likeness (QED) is 0.518. The zero-order valence-electron chi connectivity index (χ0n) is 15.9. The molecule has 0 spiro atoms. The van der Waals surface area contributed by atoms with E-state index in [-0.39, 0.29) is 5.91 Å². The van der Waals surface area contributed by atoms with Crippen molar-refractivity contribution in [3.63, 3.8) is 0 Å². The van der Waals surface area contributed by atoms with Gasteiger partial charge in [0, 0.05) is 22.7 Å². The van der Waals surface area contributed by atoms with Crippen LogP contribution in [0.3, 0.4) is 0 Å². The number of para-hydroxylation sites is 1. The number of carbonyl (C=O) groups excluding carboxylic acids is 1. The SMILES string of the molecule is COc1cccc2c1CCCc1nc(NC(=O)c3ccnc4ccccc34)sc1-2. The normalized spacial score (nSPS) is 12.7. The molecule has 0 atom stereocenters. The average molecular weight is 401 g/mol. The van der Waals surface area contributed by atoms with Crippen molar-refractivity contribution in [1.29, 1.82) is 0 Å². The van der Waals surface area contributed by atoms with Gasteiger partial charge in [-0.1, -0.05) is 41.7 Å². The molecule has 0 unspecified atom stereocenters. The van der Waals surface area contributed by atoms with Crippen molar-refractivity contribution in [3.8, 4) is 16.2 Å². The molecule has 5 nitrogen and oxygen atoms in total. The van der Waals surface area contributed by atoms with Crippen LogP contribution in [0.1, 0.15) is 28.0 Å². The molecule has 29 heavy (non-hydrogen) atoms. The van der Waals surface area contributed by atoms with E-state index in [1.165, 1.54) is 16.9 Å². The highest BCUT2D eigenvalue weighted by molar-refractivity contribution is 7.19. The Hall–Kier alpha value is -3.25. The maximum atomic E-state index is 13.0. The third kappa shape index (κ3) is 3.15. The number of anilines is 1. The molecule has 0 saturated heterocycles. The van der Waals surface area contributed by atoms with Crippen molar-refractivity contribution in [2.75, 3.05) is 12.4 Å². The molecule has 4 aromatic rings. The highest BCUT2D eigenvalue weighted by Crippen LogP contribution is 2.41. The number of fused-ring (bicyclic) bond motifs is 4. The fourth-order valence-corrected chi connectivity index (χ4v) is 4.96. The Morgan fingerprint density at radius 2 is 2.00 bits per heavy atom. The minimum absolute atomic E-state index is 0.168. The number of amides is 1. The van der Waals surface area contributed by atoms with Crippen molar-refractivity contribution in [2.24, 2.45) is 0 Å². The van der Waals surface area contributed by atoms with Crippen LogP contribution >= 0.6 is 11.3 Å². The number of aryl methyl sites for hydroxylation is 1. The first-order valence-corrected chi connectivity index (χ1v) is 10.4. The molecule has 0 saturated carbocycles. The minimum Gasteiger partial charge on any atom is -0.496 e. The van der Waals surface area contributed by atoms with Crippen LogP contribution in [0.15, 0.2) is 54.7 Å². The Bertz CT molecular complexity index is 1230. The van der Waals surface area contributed by atoms with Crippen molar-refractivity contribution < 1.29 is 9.53 Å². The molecule has 0 radical (unpaired) electrons. The fraction of sp³-hybridized carbons (Fsp3) is 0.174. The zero-order chi connectivity index (χ0) is 19.8. The van der Waals surface area contributed by atoms with E-state index in [1.807, 2.05) is 36.4 Å². The van der Waals surface area contributed by atoms with Crippen LogP contribution in [0.2, 0.25) is 0 Å². The molecule has 2 heterocycles. The maximum Gasteiger partial charge on any atom is 0.258 e. The first kappa shape index (κ1) is 17.8. The largest absolute Gasteiger partial charge is 0.496 e. The molecule has 2 aromatic carbocycles. The zero-order valence-corrected chi connectivity index (χ0v) is 16.8. The Morgan fingerprint density at radius 3 is 2.90 bits per heavy atom. The van der Waals surface area contributed by atoms with E-state index in [0.29, 0.717) is 10.7 Å². The Kier molecular flexibility index (Phi) is 4.48. The van der Waals surface area contributed by atoms with Gasteiger partial charge in [0.25, 0.3) is 5.91 Å². The third-order valence-electron chi connectivity index (χ3n) is 5.25. The van der Waals surface area contributed by atoms with Gasteiger partial charge in [-0.2, -0.15) is 0 Å². The second-order valence-electron chi connectivity index (χ2n) is 6.96. The molecule has 2 aromatic heterocycles. The van der Waals surface area contributed by atoms with E-state index in [1.54, 1.807) is 19.4 Å². The summed E-state index contributed by atoms with van der Waals surface area (Å²) in [7, 11) is 1.71. The summed E-state index contributed by atoms with van der Waals surface area (Å²) in [5.41, 5.74) is 4.82. The third-order valence-corrected chi connectivity index (χ3v) is 6.30. The lowest BCUT2D eigenvalue weighted by Gasteiger charge is -2.10. The van der Waals surface area contributed by atoms with Crippen molar-refractivity contribution >= 4 is 33.3 Å². The van der Waals surface area contributed by atoms with Gasteiger partial charge in [-0.15, -0.1) is 0 Å². The van der Waals surface area contributed by atoms with E-state index >= 15 is 0 Å². The number of thiazole rings is 1. The number of pyridine rings is 1. The van der Waals surface area contributed by atoms with E-state index in [4.69, 9.17) is 9.72 Å². The number of hydrogen-bond donors (Lipinski definition) is 1. The minimum atomic E-state index is -0.168. The summed E-state index contributed by atoms with van der Waals surface area (Å²) in [5.74, 6) is 0.746. The number of aromatic nitrogens is 2. The molecule has 0 bridgehead atoms. The van der Waals surface area contributed by atoms with Gasteiger partial charge < -0.3 is 4.74 Å². The van der Waals surface area contributed by atoms with Crippen LogP contribution in [0.25, 0.3) is 21.3 Å². The Labute approximate surface area is 172 Å². The molecule has 6 heteroatoms.